The Morgan fingerprint density at radius 3 is 2.36 bits per heavy atom. The zero-order valence-corrected chi connectivity index (χ0v) is 22.0. The summed E-state index contributed by atoms with van der Waals surface area (Å²) in [6.07, 6.45) is 7.36. The third-order valence-electron chi connectivity index (χ3n) is 6.90. The first kappa shape index (κ1) is 25.2. The van der Waals surface area contributed by atoms with Crippen LogP contribution in [-0.4, -0.2) is 24.4 Å². The number of pyridine rings is 2. The number of rotatable bonds is 6. The van der Waals surface area contributed by atoms with Crippen LogP contribution in [0.2, 0.25) is 18.1 Å². The minimum absolute atomic E-state index is 0.108. The van der Waals surface area contributed by atoms with Crippen LogP contribution in [0.3, 0.4) is 0 Å². The Kier molecular flexibility index (Phi) is 7.84. The standard InChI is InChI=1S/C25H33N5OSSi/c1-25(2,3)33(4,5)31-19-10-8-18(9-11-19)22-20(13-26)23(28)30-24(21(22)14-27)32-16-17-7-6-12-29-15-17/h6-7,12,15,18-19H,8-11,16H2,1-5H3,(H2,28,30)/t18-,19+. The van der Waals surface area contributed by atoms with Gasteiger partial charge in [0.05, 0.1) is 11.1 Å². The van der Waals surface area contributed by atoms with Crippen molar-refractivity contribution in [2.45, 2.75) is 87.4 Å². The Morgan fingerprint density at radius 2 is 1.82 bits per heavy atom. The number of nitrogens with two attached hydrogens (primary N) is 1. The molecule has 1 fully saturated rings. The lowest BCUT2D eigenvalue weighted by Crippen LogP contribution is -2.44. The third-order valence-corrected chi connectivity index (χ3v) is 12.5. The highest BCUT2D eigenvalue weighted by Crippen LogP contribution is 2.44. The second-order valence-corrected chi connectivity index (χ2v) is 15.9. The van der Waals surface area contributed by atoms with Crippen LogP contribution < -0.4 is 5.73 Å². The van der Waals surface area contributed by atoms with Crippen LogP contribution in [0.25, 0.3) is 0 Å². The van der Waals surface area contributed by atoms with Crippen molar-refractivity contribution >= 4 is 25.9 Å². The summed E-state index contributed by atoms with van der Waals surface area (Å²) in [5.74, 6) is 0.948. The van der Waals surface area contributed by atoms with E-state index in [0.717, 1.165) is 36.8 Å². The van der Waals surface area contributed by atoms with Gasteiger partial charge in [-0.2, -0.15) is 10.5 Å². The largest absolute Gasteiger partial charge is 0.414 e. The molecule has 3 rings (SSSR count). The number of nitrogen functional groups attached to an aromatic ring is 1. The van der Waals surface area contributed by atoms with Crippen LogP contribution in [0.5, 0.6) is 0 Å². The van der Waals surface area contributed by atoms with Gasteiger partial charge in [0.15, 0.2) is 8.32 Å². The summed E-state index contributed by atoms with van der Waals surface area (Å²) in [6.45, 7) is 11.3. The van der Waals surface area contributed by atoms with Crippen molar-refractivity contribution in [3.05, 3.63) is 46.8 Å². The zero-order chi connectivity index (χ0) is 24.2. The van der Waals surface area contributed by atoms with E-state index in [4.69, 9.17) is 10.2 Å². The van der Waals surface area contributed by atoms with Crippen LogP contribution in [0.1, 0.15) is 74.6 Å². The summed E-state index contributed by atoms with van der Waals surface area (Å²) >= 11 is 1.47. The van der Waals surface area contributed by atoms with E-state index in [0.29, 0.717) is 21.9 Å². The third kappa shape index (κ3) is 5.76. The molecule has 1 aliphatic rings. The fourth-order valence-corrected chi connectivity index (χ4v) is 6.40. The number of hydrogen-bond acceptors (Lipinski definition) is 7. The van der Waals surface area contributed by atoms with Crippen LogP contribution in [0.15, 0.2) is 29.6 Å². The average molecular weight is 480 g/mol. The van der Waals surface area contributed by atoms with Crippen molar-refractivity contribution in [2.24, 2.45) is 0 Å². The highest BCUT2D eigenvalue weighted by Gasteiger charge is 2.40. The Hall–Kier alpha value is -2.39. The van der Waals surface area contributed by atoms with Crippen molar-refractivity contribution in [1.29, 1.82) is 10.5 Å². The number of nitriles is 2. The molecule has 0 aliphatic heterocycles. The quantitative estimate of drug-likeness (QED) is 0.391. The summed E-state index contributed by atoms with van der Waals surface area (Å²) in [5.41, 5.74) is 8.86. The highest BCUT2D eigenvalue weighted by molar-refractivity contribution is 7.98. The molecule has 2 aromatic rings. The van der Waals surface area contributed by atoms with E-state index in [-0.39, 0.29) is 22.9 Å². The molecular weight excluding hydrogens is 446 g/mol. The summed E-state index contributed by atoms with van der Waals surface area (Å²) < 4.78 is 6.64. The van der Waals surface area contributed by atoms with Crippen LogP contribution in [0, 0.1) is 22.7 Å². The van der Waals surface area contributed by atoms with Gasteiger partial charge in [0, 0.05) is 24.3 Å². The molecule has 8 heteroatoms. The molecule has 2 aromatic heterocycles. The van der Waals surface area contributed by atoms with E-state index in [1.54, 1.807) is 12.4 Å². The lowest BCUT2D eigenvalue weighted by atomic mass is 9.79. The predicted molar refractivity (Wildman–Crippen MR) is 135 cm³/mol. The molecule has 1 saturated carbocycles. The van der Waals surface area contributed by atoms with E-state index in [2.05, 4.69) is 56.0 Å². The normalized spacial score (nSPS) is 19.0. The van der Waals surface area contributed by atoms with Gasteiger partial charge in [-0.25, -0.2) is 4.98 Å². The molecule has 2 N–H and O–H groups in total. The van der Waals surface area contributed by atoms with Gasteiger partial charge in [0.25, 0.3) is 0 Å². The summed E-state index contributed by atoms with van der Waals surface area (Å²) in [7, 11) is -1.83. The predicted octanol–water partition coefficient (Wildman–Crippen LogP) is 6.14. The maximum Gasteiger partial charge on any atom is 0.192 e. The molecule has 0 saturated heterocycles. The monoisotopic (exact) mass is 479 g/mol. The van der Waals surface area contributed by atoms with Crippen molar-refractivity contribution in [2.75, 3.05) is 5.73 Å². The minimum Gasteiger partial charge on any atom is -0.414 e. The summed E-state index contributed by atoms with van der Waals surface area (Å²) in [6, 6.07) is 8.44. The fourth-order valence-electron chi connectivity index (χ4n) is 4.04. The van der Waals surface area contributed by atoms with E-state index in [9.17, 15) is 10.5 Å². The lowest BCUT2D eigenvalue weighted by molar-refractivity contribution is 0.130. The van der Waals surface area contributed by atoms with E-state index in [1.165, 1.54) is 11.8 Å². The first-order chi connectivity index (χ1) is 15.6. The average Bonchev–Trinajstić information content (AvgIpc) is 2.77. The summed E-state index contributed by atoms with van der Waals surface area (Å²) in [4.78, 5) is 8.58. The van der Waals surface area contributed by atoms with Crippen molar-refractivity contribution in [3.8, 4) is 12.1 Å². The topological polar surface area (TPSA) is 109 Å². The molecule has 0 spiro atoms. The van der Waals surface area contributed by atoms with Crippen LogP contribution in [0.4, 0.5) is 5.82 Å². The van der Waals surface area contributed by atoms with E-state index >= 15 is 0 Å². The molecule has 0 aromatic carbocycles. The first-order valence-corrected chi connectivity index (χ1v) is 15.3. The molecular formula is C25H33N5OSSi. The number of anilines is 1. The highest BCUT2D eigenvalue weighted by atomic mass is 32.2. The van der Waals surface area contributed by atoms with Crippen LogP contribution >= 0.6 is 11.8 Å². The van der Waals surface area contributed by atoms with Crippen molar-refractivity contribution in [1.82, 2.24) is 9.97 Å². The Morgan fingerprint density at radius 1 is 1.15 bits per heavy atom. The van der Waals surface area contributed by atoms with Crippen molar-refractivity contribution < 1.29 is 4.43 Å². The Labute approximate surface area is 202 Å². The number of hydrogen-bond donors (Lipinski definition) is 1. The molecule has 0 bridgehead atoms. The van der Waals surface area contributed by atoms with E-state index < -0.39 is 8.32 Å². The van der Waals surface area contributed by atoms with Crippen molar-refractivity contribution in [3.63, 3.8) is 0 Å². The van der Waals surface area contributed by atoms with Gasteiger partial charge < -0.3 is 10.2 Å². The molecule has 0 unspecified atom stereocenters. The molecule has 1 aliphatic carbocycles. The number of thioether (sulfide) groups is 1. The minimum atomic E-state index is -1.83. The second-order valence-electron chi connectivity index (χ2n) is 10.2. The summed E-state index contributed by atoms with van der Waals surface area (Å²) in [5, 5.41) is 20.6. The molecule has 0 atom stereocenters. The zero-order valence-electron chi connectivity index (χ0n) is 20.2. The van der Waals surface area contributed by atoms with E-state index in [1.807, 2.05) is 12.1 Å². The first-order valence-electron chi connectivity index (χ1n) is 11.4. The molecule has 0 amide bonds. The second kappa shape index (κ2) is 10.3. The van der Waals surface area contributed by atoms with Gasteiger partial charge in [-0.05, 0) is 66.9 Å². The van der Waals surface area contributed by atoms with Gasteiger partial charge in [-0.1, -0.05) is 26.8 Å². The maximum absolute atomic E-state index is 10.0. The number of nitrogens with zero attached hydrogens (tertiary/aromatic N) is 4. The van der Waals surface area contributed by atoms with Gasteiger partial charge in [-0.3, -0.25) is 4.98 Å². The smallest absolute Gasteiger partial charge is 0.192 e. The molecule has 174 valence electrons. The Bertz CT molecular complexity index is 1060. The van der Waals surface area contributed by atoms with Gasteiger partial charge >= 0.3 is 0 Å². The molecule has 2 heterocycles. The van der Waals surface area contributed by atoms with Crippen LogP contribution in [-0.2, 0) is 10.2 Å². The lowest BCUT2D eigenvalue weighted by Gasteiger charge is -2.41. The van der Waals surface area contributed by atoms with Gasteiger partial charge in [0.1, 0.15) is 23.0 Å². The fraction of sp³-hybridized carbons (Fsp3) is 0.520. The molecule has 33 heavy (non-hydrogen) atoms. The van der Waals surface area contributed by atoms with Gasteiger partial charge in [0.2, 0.25) is 0 Å². The SMILES string of the molecule is CC(C)(C)[Si](C)(C)O[C@H]1CC[C@@H](c2c(C#N)c(N)nc(SCc3cccnc3)c2C#N)CC1. The Balaban J connectivity index is 1.83. The molecule has 0 radical (unpaired) electrons. The van der Waals surface area contributed by atoms with Gasteiger partial charge in [-0.15, -0.1) is 11.8 Å². The maximum atomic E-state index is 10.0. The molecule has 6 nitrogen and oxygen atoms in total. The number of aromatic nitrogens is 2.